The molecule has 1 N–H and O–H groups in total. The van der Waals surface area contributed by atoms with Gasteiger partial charge < -0.3 is 19.2 Å². The number of ether oxygens (including phenoxy) is 3. The first kappa shape index (κ1) is 26.5. The number of hydrogen-bond acceptors (Lipinski definition) is 6. The van der Waals surface area contributed by atoms with Crippen LogP contribution < -0.4 is 0 Å². The van der Waals surface area contributed by atoms with E-state index >= 15 is 0 Å². The molecule has 2 amide bonds. The number of amides is 2. The summed E-state index contributed by atoms with van der Waals surface area (Å²) >= 11 is 0. The highest BCUT2D eigenvalue weighted by atomic mass is 19.1. The molecule has 10 heteroatoms. The highest BCUT2D eigenvalue weighted by Gasteiger charge is 2.59. The van der Waals surface area contributed by atoms with Crippen LogP contribution in [0.4, 0.5) is 14.0 Å². The SMILES string of the molecule is CC(=O)OC1CN(C(=O)OC(C)(C)C)[C@@H]2C(c3c[nH]c4cc(F)ccc34)CN(C(=O)OCc3ccccc3)[C@H]12. The standard InChI is InChI=1S/C29H32FN3O6/c1-17(34)38-24-15-33(28(36)39-29(2,3)4)25-22(21-13-31-23-12-19(30)10-11-20(21)23)14-32(26(24)25)27(35)37-16-18-8-6-5-7-9-18/h5-13,22,24-26,31H,14-16H2,1-4H3/t22?,24?,25-,26-/m1/s1. The zero-order valence-corrected chi connectivity index (χ0v) is 22.3. The van der Waals surface area contributed by atoms with Gasteiger partial charge in [0.2, 0.25) is 0 Å². The number of carbonyl (C=O) groups excluding carboxylic acids is 3. The molecule has 2 fully saturated rings. The Hall–Kier alpha value is -4.08. The van der Waals surface area contributed by atoms with Gasteiger partial charge in [-0.05, 0) is 50.1 Å². The van der Waals surface area contributed by atoms with Crippen molar-refractivity contribution in [3.05, 3.63) is 71.7 Å². The maximum Gasteiger partial charge on any atom is 0.410 e. The molecule has 2 aliphatic heterocycles. The molecule has 5 rings (SSSR count). The van der Waals surface area contributed by atoms with Crippen molar-refractivity contribution in [2.45, 2.75) is 64.0 Å². The van der Waals surface area contributed by atoms with Crippen LogP contribution in [0.2, 0.25) is 0 Å². The summed E-state index contributed by atoms with van der Waals surface area (Å²) in [6, 6.07) is 12.5. The van der Waals surface area contributed by atoms with Crippen molar-refractivity contribution in [1.82, 2.24) is 14.8 Å². The first-order valence-electron chi connectivity index (χ1n) is 12.9. The van der Waals surface area contributed by atoms with Crippen LogP contribution in [0.3, 0.4) is 0 Å². The fraction of sp³-hybridized carbons (Fsp3) is 0.414. The van der Waals surface area contributed by atoms with Gasteiger partial charge in [-0.3, -0.25) is 14.6 Å². The Morgan fingerprint density at radius 2 is 1.72 bits per heavy atom. The molecule has 3 heterocycles. The summed E-state index contributed by atoms with van der Waals surface area (Å²) in [5.74, 6) is -1.28. The van der Waals surface area contributed by atoms with E-state index in [1.807, 2.05) is 30.3 Å². The van der Waals surface area contributed by atoms with Gasteiger partial charge in [0.25, 0.3) is 0 Å². The lowest BCUT2D eigenvalue weighted by Crippen LogP contribution is -2.46. The van der Waals surface area contributed by atoms with Crippen LogP contribution in [0.5, 0.6) is 0 Å². The van der Waals surface area contributed by atoms with Crippen molar-refractivity contribution >= 4 is 29.1 Å². The number of aromatic amines is 1. The Labute approximate surface area is 225 Å². The molecule has 2 unspecified atom stereocenters. The van der Waals surface area contributed by atoms with Crippen LogP contribution in [0.25, 0.3) is 10.9 Å². The zero-order valence-electron chi connectivity index (χ0n) is 22.3. The van der Waals surface area contributed by atoms with Gasteiger partial charge in [0.1, 0.15) is 24.1 Å². The zero-order chi connectivity index (χ0) is 27.9. The molecule has 0 bridgehead atoms. The number of benzene rings is 2. The van der Waals surface area contributed by atoms with Crippen LogP contribution in [-0.4, -0.2) is 69.8 Å². The predicted octanol–water partition coefficient (Wildman–Crippen LogP) is 4.96. The number of halogens is 1. The van der Waals surface area contributed by atoms with Crippen LogP contribution in [0.1, 0.15) is 44.7 Å². The van der Waals surface area contributed by atoms with Crippen molar-refractivity contribution in [3.8, 4) is 0 Å². The molecule has 9 nitrogen and oxygen atoms in total. The van der Waals surface area contributed by atoms with E-state index in [0.29, 0.717) is 5.52 Å². The highest BCUT2D eigenvalue weighted by Crippen LogP contribution is 2.44. The van der Waals surface area contributed by atoms with Gasteiger partial charge in [-0.2, -0.15) is 0 Å². The third-order valence-electron chi connectivity index (χ3n) is 7.09. The van der Waals surface area contributed by atoms with Crippen molar-refractivity contribution in [1.29, 1.82) is 0 Å². The summed E-state index contributed by atoms with van der Waals surface area (Å²) in [7, 11) is 0. The normalized spacial score (nSPS) is 22.6. The summed E-state index contributed by atoms with van der Waals surface area (Å²) in [6.45, 7) is 6.94. The second kappa shape index (κ2) is 10.2. The van der Waals surface area contributed by atoms with Crippen LogP contribution in [-0.2, 0) is 25.6 Å². The molecule has 0 spiro atoms. The molecule has 3 aromatic rings. The Morgan fingerprint density at radius 3 is 2.41 bits per heavy atom. The van der Waals surface area contributed by atoms with Crippen molar-refractivity contribution in [2.75, 3.05) is 13.1 Å². The van der Waals surface area contributed by atoms with E-state index in [1.54, 1.807) is 42.8 Å². The van der Waals surface area contributed by atoms with Gasteiger partial charge in [-0.1, -0.05) is 30.3 Å². The smallest absolute Gasteiger partial charge is 0.410 e. The molecular formula is C29H32FN3O6. The van der Waals surface area contributed by atoms with Crippen LogP contribution in [0.15, 0.2) is 54.7 Å². The number of hydrogen-bond donors (Lipinski definition) is 1. The first-order valence-corrected chi connectivity index (χ1v) is 12.9. The number of esters is 1. The maximum atomic E-state index is 13.9. The average molecular weight is 538 g/mol. The second-order valence-corrected chi connectivity index (χ2v) is 11.0. The minimum atomic E-state index is -0.781. The van der Waals surface area contributed by atoms with E-state index in [1.165, 1.54) is 19.1 Å². The molecule has 0 radical (unpaired) electrons. The number of likely N-dealkylation sites (tertiary alicyclic amines) is 2. The van der Waals surface area contributed by atoms with Gasteiger partial charge in [0.15, 0.2) is 0 Å². The lowest BCUT2D eigenvalue weighted by atomic mass is 9.91. The van der Waals surface area contributed by atoms with E-state index in [2.05, 4.69) is 4.98 Å². The number of aromatic nitrogens is 1. The number of fused-ring (bicyclic) bond motifs is 2. The lowest BCUT2D eigenvalue weighted by Gasteiger charge is -2.30. The fourth-order valence-electron chi connectivity index (χ4n) is 5.66. The van der Waals surface area contributed by atoms with E-state index in [4.69, 9.17) is 14.2 Å². The fourth-order valence-corrected chi connectivity index (χ4v) is 5.66. The Kier molecular flexibility index (Phi) is 6.96. The summed E-state index contributed by atoms with van der Waals surface area (Å²) in [4.78, 5) is 45.2. The molecule has 2 aliphatic rings. The summed E-state index contributed by atoms with van der Waals surface area (Å²) < 4.78 is 31.0. The first-order chi connectivity index (χ1) is 18.5. The Bertz CT molecular complexity index is 1380. The number of nitrogens with one attached hydrogen (secondary N) is 1. The molecule has 2 aromatic carbocycles. The lowest BCUT2D eigenvalue weighted by molar-refractivity contribution is -0.147. The topological polar surface area (TPSA) is 101 Å². The monoisotopic (exact) mass is 537 g/mol. The molecule has 206 valence electrons. The molecule has 1 aromatic heterocycles. The van der Waals surface area contributed by atoms with Gasteiger partial charge in [-0.15, -0.1) is 0 Å². The summed E-state index contributed by atoms with van der Waals surface area (Å²) in [5, 5.41) is 0.778. The maximum absolute atomic E-state index is 13.9. The van der Waals surface area contributed by atoms with Gasteiger partial charge in [0, 0.05) is 36.5 Å². The Balaban J connectivity index is 1.53. The van der Waals surface area contributed by atoms with E-state index in [0.717, 1.165) is 16.5 Å². The summed E-state index contributed by atoms with van der Waals surface area (Å²) in [6.07, 6.45) is -0.151. The van der Waals surface area contributed by atoms with E-state index in [9.17, 15) is 18.8 Å². The van der Waals surface area contributed by atoms with Crippen molar-refractivity contribution < 1.29 is 33.0 Å². The summed E-state index contributed by atoms with van der Waals surface area (Å²) in [5.41, 5.74) is 1.49. The minimum absolute atomic E-state index is 0.0553. The molecule has 4 atom stereocenters. The predicted molar refractivity (Wildman–Crippen MR) is 140 cm³/mol. The largest absolute Gasteiger partial charge is 0.458 e. The molecule has 0 aliphatic carbocycles. The third-order valence-corrected chi connectivity index (χ3v) is 7.09. The van der Waals surface area contributed by atoms with E-state index in [-0.39, 0.29) is 31.4 Å². The number of carbonyl (C=O) groups is 3. The highest BCUT2D eigenvalue weighted by molar-refractivity contribution is 5.84. The van der Waals surface area contributed by atoms with E-state index < -0.39 is 41.9 Å². The quantitative estimate of drug-likeness (QED) is 0.373. The van der Waals surface area contributed by atoms with Crippen LogP contribution >= 0.6 is 0 Å². The molecule has 2 saturated heterocycles. The van der Waals surface area contributed by atoms with Gasteiger partial charge in [-0.25, -0.2) is 14.0 Å². The molecular weight excluding hydrogens is 505 g/mol. The molecule has 0 saturated carbocycles. The number of rotatable bonds is 4. The van der Waals surface area contributed by atoms with Crippen molar-refractivity contribution in [3.63, 3.8) is 0 Å². The number of nitrogens with zero attached hydrogens (tertiary/aromatic N) is 2. The van der Waals surface area contributed by atoms with Crippen molar-refractivity contribution in [2.24, 2.45) is 0 Å². The second-order valence-electron chi connectivity index (χ2n) is 11.0. The third kappa shape index (κ3) is 5.41. The Morgan fingerprint density at radius 1 is 1.00 bits per heavy atom. The average Bonchev–Trinajstić information content (AvgIpc) is 3.55. The molecule has 39 heavy (non-hydrogen) atoms. The minimum Gasteiger partial charge on any atom is -0.458 e. The van der Waals surface area contributed by atoms with Crippen LogP contribution in [0, 0.1) is 5.82 Å². The number of H-pyrrole nitrogens is 1. The van der Waals surface area contributed by atoms with Gasteiger partial charge >= 0.3 is 18.2 Å². The van der Waals surface area contributed by atoms with Gasteiger partial charge in [0.05, 0.1) is 18.6 Å².